The Morgan fingerprint density at radius 3 is 2.17 bits per heavy atom. The van der Waals surface area contributed by atoms with Gasteiger partial charge in [0.15, 0.2) is 11.5 Å². The van der Waals surface area contributed by atoms with Gasteiger partial charge in [0.25, 0.3) is 0 Å². The zero-order valence-corrected chi connectivity index (χ0v) is 12.1. The van der Waals surface area contributed by atoms with Crippen molar-refractivity contribution in [2.75, 3.05) is 14.2 Å². The monoisotopic (exact) mass is 251 g/mol. The fraction of sp³-hybridized carbons (Fsp3) is 0.600. The molecule has 1 aromatic rings. The minimum absolute atomic E-state index is 0.170. The molecule has 0 aromatic heterocycles. The van der Waals surface area contributed by atoms with Crippen LogP contribution >= 0.6 is 0 Å². The molecular weight excluding hydrogens is 226 g/mol. The maximum atomic E-state index is 6.24. The van der Waals surface area contributed by atoms with Crippen molar-refractivity contribution in [1.29, 1.82) is 0 Å². The van der Waals surface area contributed by atoms with Crippen LogP contribution in [0.3, 0.4) is 0 Å². The van der Waals surface area contributed by atoms with E-state index in [-0.39, 0.29) is 6.04 Å². The standard InChI is InChI=1S/C15H25NO2/c1-10(2)11(3)13(16)8-12-6-7-14(17-4)15(9-12)18-5/h6-7,9-11,13H,8,16H2,1-5H3. The summed E-state index contributed by atoms with van der Waals surface area (Å²) in [5, 5.41) is 0. The van der Waals surface area contributed by atoms with Crippen molar-refractivity contribution >= 4 is 0 Å². The first kappa shape index (κ1) is 14.8. The van der Waals surface area contributed by atoms with Crippen LogP contribution in [0.5, 0.6) is 11.5 Å². The summed E-state index contributed by atoms with van der Waals surface area (Å²) in [6, 6.07) is 6.16. The summed E-state index contributed by atoms with van der Waals surface area (Å²) in [6.45, 7) is 6.62. The van der Waals surface area contributed by atoms with Crippen LogP contribution in [0.15, 0.2) is 18.2 Å². The summed E-state index contributed by atoms with van der Waals surface area (Å²) < 4.78 is 10.5. The smallest absolute Gasteiger partial charge is 0.160 e. The molecule has 3 heteroatoms. The molecule has 2 unspecified atom stereocenters. The third-order valence-corrected chi connectivity index (χ3v) is 3.65. The summed E-state index contributed by atoms with van der Waals surface area (Å²) in [5.41, 5.74) is 7.43. The summed E-state index contributed by atoms with van der Waals surface area (Å²) in [5.74, 6) is 2.62. The lowest BCUT2D eigenvalue weighted by molar-refractivity contribution is 0.341. The van der Waals surface area contributed by atoms with Crippen molar-refractivity contribution in [3.8, 4) is 11.5 Å². The Morgan fingerprint density at radius 2 is 1.67 bits per heavy atom. The van der Waals surface area contributed by atoms with E-state index in [4.69, 9.17) is 15.2 Å². The highest BCUT2D eigenvalue weighted by Crippen LogP contribution is 2.28. The summed E-state index contributed by atoms with van der Waals surface area (Å²) in [6.07, 6.45) is 0.861. The van der Waals surface area contributed by atoms with Gasteiger partial charge in [0, 0.05) is 6.04 Å². The lowest BCUT2D eigenvalue weighted by Crippen LogP contribution is -2.33. The van der Waals surface area contributed by atoms with Crippen molar-refractivity contribution in [1.82, 2.24) is 0 Å². The van der Waals surface area contributed by atoms with Crippen LogP contribution in [0.25, 0.3) is 0 Å². The number of nitrogens with two attached hydrogens (primary N) is 1. The lowest BCUT2D eigenvalue weighted by Gasteiger charge is -2.23. The van der Waals surface area contributed by atoms with Gasteiger partial charge in [-0.3, -0.25) is 0 Å². The minimum Gasteiger partial charge on any atom is -0.493 e. The van der Waals surface area contributed by atoms with Gasteiger partial charge in [0.1, 0.15) is 0 Å². The average molecular weight is 251 g/mol. The van der Waals surface area contributed by atoms with Crippen LogP contribution < -0.4 is 15.2 Å². The highest BCUT2D eigenvalue weighted by Gasteiger charge is 2.17. The number of ether oxygens (including phenoxy) is 2. The molecule has 0 aliphatic heterocycles. The molecule has 0 aliphatic rings. The molecule has 0 amide bonds. The summed E-state index contributed by atoms with van der Waals surface area (Å²) in [7, 11) is 3.29. The molecule has 1 rings (SSSR count). The Bertz CT molecular complexity index is 377. The lowest BCUT2D eigenvalue weighted by atomic mass is 9.87. The molecule has 0 bridgehead atoms. The first-order chi connectivity index (χ1) is 8.49. The van der Waals surface area contributed by atoms with E-state index in [9.17, 15) is 0 Å². The van der Waals surface area contributed by atoms with E-state index in [2.05, 4.69) is 20.8 Å². The minimum atomic E-state index is 0.170. The molecular formula is C15H25NO2. The molecule has 0 fully saturated rings. The van der Waals surface area contributed by atoms with Gasteiger partial charge in [-0.15, -0.1) is 0 Å². The Labute approximate surface area is 110 Å². The molecule has 0 aliphatic carbocycles. The third-order valence-electron chi connectivity index (χ3n) is 3.65. The fourth-order valence-corrected chi connectivity index (χ4v) is 1.96. The van der Waals surface area contributed by atoms with E-state index in [0.29, 0.717) is 11.8 Å². The zero-order chi connectivity index (χ0) is 13.7. The molecule has 18 heavy (non-hydrogen) atoms. The van der Waals surface area contributed by atoms with Gasteiger partial charge in [-0.05, 0) is 36.0 Å². The molecule has 102 valence electrons. The predicted octanol–water partition coefficient (Wildman–Crippen LogP) is 2.87. The highest BCUT2D eigenvalue weighted by molar-refractivity contribution is 5.43. The predicted molar refractivity (Wildman–Crippen MR) is 75.2 cm³/mol. The molecule has 2 N–H and O–H groups in total. The van der Waals surface area contributed by atoms with Crippen LogP contribution in [0, 0.1) is 11.8 Å². The largest absolute Gasteiger partial charge is 0.493 e. The molecule has 2 atom stereocenters. The van der Waals surface area contributed by atoms with Crippen molar-refractivity contribution in [3.63, 3.8) is 0 Å². The van der Waals surface area contributed by atoms with Crippen LogP contribution in [0.1, 0.15) is 26.3 Å². The van der Waals surface area contributed by atoms with E-state index in [0.717, 1.165) is 17.9 Å². The normalized spacial score (nSPS) is 14.4. The van der Waals surface area contributed by atoms with Gasteiger partial charge >= 0.3 is 0 Å². The molecule has 1 aromatic carbocycles. The molecule has 0 heterocycles. The maximum Gasteiger partial charge on any atom is 0.160 e. The summed E-state index contributed by atoms with van der Waals surface area (Å²) in [4.78, 5) is 0. The van der Waals surface area contributed by atoms with Crippen LogP contribution in [-0.2, 0) is 6.42 Å². The zero-order valence-electron chi connectivity index (χ0n) is 12.1. The number of benzene rings is 1. The van der Waals surface area contributed by atoms with Gasteiger partial charge in [0.05, 0.1) is 14.2 Å². The van der Waals surface area contributed by atoms with Gasteiger partial charge in [-0.1, -0.05) is 26.8 Å². The van der Waals surface area contributed by atoms with E-state index in [1.807, 2.05) is 18.2 Å². The number of hydrogen-bond acceptors (Lipinski definition) is 3. The number of rotatable bonds is 6. The number of methoxy groups -OCH3 is 2. The van der Waals surface area contributed by atoms with E-state index in [1.165, 1.54) is 5.56 Å². The van der Waals surface area contributed by atoms with Crippen molar-refractivity contribution in [3.05, 3.63) is 23.8 Å². The van der Waals surface area contributed by atoms with Gasteiger partial charge < -0.3 is 15.2 Å². The van der Waals surface area contributed by atoms with Gasteiger partial charge in [-0.25, -0.2) is 0 Å². The molecule has 0 spiro atoms. The molecule has 0 radical (unpaired) electrons. The van der Waals surface area contributed by atoms with E-state index < -0.39 is 0 Å². The SMILES string of the molecule is COc1ccc(CC(N)C(C)C(C)C)cc1OC. The second kappa shape index (κ2) is 6.64. The number of hydrogen-bond donors (Lipinski definition) is 1. The fourth-order valence-electron chi connectivity index (χ4n) is 1.96. The van der Waals surface area contributed by atoms with E-state index >= 15 is 0 Å². The first-order valence-electron chi connectivity index (χ1n) is 6.46. The average Bonchev–Trinajstić information content (AvgIpc) is 2.37. The van der Waals surface area contributed by atoms with Gasteiger partial charge in [-0.2, -0.15) is 0 Å². The maximum absolute atomic E-state index is 6.24. The topological polar surface area (TPSA) is 44.5 Å². The summed E-state index contributed by atoms with van der Waals surface area (Å²) >= 11 is 0. The quantitative estimate of drug-likeness (QED) is 0.845. The van der Waals surface area contributed by atoms with Crippen LogP contribution in [0.2, 0.25) is 0 Å². The van der Waals surface area contributed by atoms with Crippen LogP contribution in [-0.4, -0.2) is 20.3 Å². The van der Waals surface area contributed by atoms with Crippen molar-refractivity contribution in [2.45, 2.75) is 33.2 Å². The Morgan fingerprint density at radius 1 is 1.06 bits per heavy atom. The molecule has 0 saturated heterocycles. The van der Waals surface area contributed by atoms with Crippen molar-refractivity contribution in [2.24, 2.45) is 17.6 Å². The van der Waals surface area contributed by atoms with E-state index in [1.54, 1.807) is 14.2 Å². The Balaban J connectivity index is 2.79. The first-order valence-corrected chi connectivity index (χ1v) is 6.46. The Kier molecular flexibility index (Phi) is 5.48. The van der Waals surface area contributed by atoms with Crippen LogP contribution in [0.4, 0.5) is 0 Å². The molecule has 0 saturated carbocycles. The third kappa shape index (κ3) is 3.64. The second-order valence-electron chi connectivity index (χ2n) is 5.16. The molecule has 3 nitrogen and oxygen atoms in total. The Hall–Kier alpha value is -1.22. The van der Waals surface area contributed by atoms with Gasteiger partial charge in [0.2, 0.25) is 0 Å². The van der Waals surface area contributed by atoms with Crippen molar-refractivity contribution < 1.29 is 9.47 Å². The highest BCUT2D eigenvalue weighted by atomic mass is 16.5. The second-order valence-corrected chi connectivity index (χ2v) is 5.16.